The van der Waals surface area contributed by atoms with Crippen molar-refractivity contribution in [2.24, 2.45) is 0 Å². The van der Waals surface area contributed by atoms with E-state index in [2.05, 4.69) is 10.0 Å². The third-order valence-electron chi connectivity index (χ3n) is 4.37. The number of carbonyl (C=O) groups excluding carboxylic acids is 1. The van der Waals surface area contributed by atoms with Gasteiger partial charge in [-0.15, -0.1) is 0 Å². The smallest absolute Gasteiger partial charge is 0.269 e. The Labute approximate surface area is 184 Å². The maximum atomic E-state index is 12.8. The first-order chi connectivity index (χ1) is 14.7. The molecular formula is C21H18ClN3O5S. The molecule has 0 radical (unpaired) electrons. The van der Waals surface area contributed by atoms with Crippen molar-refractivity contribution in [1.29, 1.82) is 0 Å². The summed E-state index contributed by atoms with van der Waals surface area (Å²) in [6, 6.07) is 18.9. The molecule has 0 aliphatic rings. The van der Waals surface area contributed by atoms with Gasteiger partial charge in [-0.2, -0.15) is 0 Å². The van der Waals surface area contributed by atoms with Crippen LogP contribution in [0.3, 0.4) is 0 Å². The van der Waals surface area contributed by atoms with E-state index < -0.39 is 26.9 Å². The molecule has 0 fully saturated rings. The van der Waals surface area contributed by atoms with Gasteiger partial charge in [0.25, 0.3) is 5.69 Å². The maximum absolute atomic E-state index is 12.8. The summed E-state index contributed by atoms with van der Waals surface area (Å²) in [5.41, 5.74) is 0.873. The molecule has 0 saturated carbocycles. The molecule has 0 aliphatic heterocycles. The summed E-state index contributed by atoms with van der Waals surface area (Å²) in [4.78, 5) is 22.8. The second-order valence-corrected chi connectivity index (χ2v) is 8.75. The highest BCUT2D eigenvalue weighted by Gasteiger charge is 2.24. The summed E-state index contributed by atoms with van der Waals surface area (Å²) in [5, 5.41) is 13.8. The zero-order valence-corrected chi connectivity index (χ0v) is 17.6. The molecule has 0 aromatic heterocycles. The van der Waals surface area contributed by atoms with Crippen molar-refractivity contribution in [2.75, 3.05) is 5.32 Å². The molecule has 1 atom stereocenters. The van der Waals surface area contributed by atoms with E-state index in [9.17, 15) is 23.3 Å². The molecule has 3 rings (SSSR count). The van der Waals surface area contributed by atoms with E-state index in [4.69, 9.17) is 11.6 Å². The van der Waals surface area contributed by atoms with E-state index >= 15 is 0 Å². The van der Waals surface area contributed by atoms with Gasteiger partial charge < -0.3 is 5.32 Å². The van der Waals surface area contributed by atoms with Crippen molar-refractivity contribution in [2.45, 2.75) is 17.4 Å². The predicted octanol–water partition coefficient (Wildman–Crippen LogP) is 4.30. The number of halogens is 1. The van der Waals surface area contributed by atoms with Crippen molar-refractivity contribution in [3.05, 3.63) is 99.6 Å². The molecule has 3 aromatic carbocycles. The van der Waals surface area contributed by atoms with Crippen molar-refractivity contribution in [3.8, 4) is 0 Å². The number of carbonyl (C=O) groups is 1. The largest absolute Gasteiger partial charge is 0.326 e. The van der Waals surface area contributed by atoms with Crippen LogP contribution in [0.4, 0.5) is 11.4 Å². The molecule has 0 saturated heterocycles. The first-order valence-electron chi connectivity index (χ1n) is 9.12. The number of nitro groups is 1. The van der Waals surface area contributed by atoms with Crippen LogP contribution >= 0.6 is 11.6 Å². The van der Waals surface area contributed by atoms with Gasteiger partial charge >= 0.3 is 0 Å². The quantitative estimate of drug-likeness (QED) is 0.384. The molecule has 0 aliphatic carbocycles. The van der Waals surface area contributed by atoms with Crippen LogP contribution in [0.2, 0.25) is 5.02 Å². The molecule has 160 valence electrons. The van der Waals surface area contributed by atoms with E-state index in [-0.39, 0.29) is 17.0 Å². The van der Waals surface area contributed by atoms with Gasteiger partial charge in [0.15, 0.2) is 0 Å². The molecule has 0 bridgehead atoms. The highest BCUT2D eigenvalue weighted by atomic mass is 35.5. The summed E-state index contributed by atoms with van der Waals surface area (Å²) in [6.07, 6.45) is -0.187. The number of benzene rings is 3. The Hall–Kier alpha value is -3.27. The number of nitrogens with one attached hydrogen (secondary N) is 2. The lowest BCUT2D eigenvalue weighted by Crippen LogP contribution is -2.31. The van der Waals surface area contributed by atoms with Crippen molar-refractivity contribution in [3.63, 3.8) is 0 Å². The van der Waals surface area contributed by atoms with Crippen LogP contribution in [-0.2, 0) is 14.8 Å². The lowest BCUT2D eigenvalue weighted by atomic mass is 10.0. The van der Waals surface area contributed by atoms with Crippen molar-refractivity contribution >= 4 is 38.9 Å². The Balaban J connectivity index is 1.78. The summed E-state index contributed by atoms with van der Waals surface area (Å²) in [6.45, 7) is 0. The zero-order valence-electron chi connectivity index (χ0n) is 16.1. The number of hydrogen-bond donors (Lipinski definition) is 2. The Kier molecular flexibility index (Phi) is 7.01. The van der Waals surface area contributed by atoms with Crippen LogP contribution in [0.25, 0.3) is 0 Å². The van der Waals surface area contributed by atoms with Crippen LogP contribution < -0.4 is 10.0 Å². The van der Waals surface area contributed by atoms with Gasteiger partial charge in [-0.1, -0.05) is 41.9 Å². The SMILES string of the molecule is O=C(CC(NS(=O)(=O)c1ccc(Cl)cc1)c1ccccc1)Nc1ccc([N+](=O)[O-])cc1. The van der Waals surface area contributed by atoms with Crippen molar-refractivity contribution in [1.82, 2.24) is 4.72 Å². The van der Waals surface area contributed by atoms with Crippen molar-refractivity contribution < 1.29 is 18.1 Å². The second-order valence-electron chi connectivity index (χ2n) is 6.59. The van der Waals surface area contributed by atoms with Crippen LogP contribution in [0.15, 0.2) is 83.8 Å². The van der Waals surface area contributed by atoms with Crippen LogP contribution in [0.5, 0.6) is 0 Å². The van der Waals surface area contributed by atoms with E-state index in [1.54, 1.807) is 30.3 Å². The summed E-state index contributed by atoms with van der Waals surface area (Å²) < 4.78 is 28.2. The minimum Gasteiger partial charge on any atom is -0.326 e. The topological polar surface area (TPSA) is 118 Å². The molecule has 31 heavy (non-hydrogen) atoms. The average molecular weight is 460 g/mol. The van der Waals surface area contributed by atoms with Gasteiger partial charge in [0.1, 0.15) is 0 Å². The summed E-state index contributed by atoms with van der Waals surface area (Å²) in [7, 11) is -3.92. The van der Waals surface area contributed by atoms with Crippen LogP contribution in [-0.4, -0.2) is 19.2 Å². The molecule has 1 unspecified atom stereocenters. The molecule has 1 amide bonds. The van der Waals surface area contributed by atoms with E-state index in [0.29, 0.717) is 16.3 Å². The first kappa shape index (κ1) is 22.4. The fourth-order valence-corrected chi connectivity index (χ4v) is 4.20. The maximum Gasteiger partial charge on any atom is 0.269 e. The van der Waals surface area contributed by atoms with Gasteiger partial charge in [0.2, 0.25) is 15.9 Å². The fourth-order valence-electron chi connectivity index (χ4n) is 2.85. The Morgan fingerprint density at radius 3 is 2.16 bits per heavy atom. The highest BCUT2D eigenvalue weighted by Crippen LogP contribution is 2.23. The number of hydrogen-bond acceptors (Lipinski definition) is 5. The molecule has 3 aromatic rings. The first-order valence-corrected chi connectivity index (χ1v) is 11.0. The zero-order chi connectivity index (χ0) is 22.4. The molecular weight excluding hydrogens is 442 g/mol. The lowest BCUT2D eigenvalue weighted by Gasteiger charge is -2.19. The van der Waals surface area contributed by atoms with E-state index in [1.807, 2.05) is 0 Å². The predicted molar refractivity (Wildman–Crippen MR) is 117 cm³/mol. The standard InChI is InChI=1S/C21H18ClN3O5S/c22-16-6-12-19(13-7-16)31(29,30)24-20(15-4-2-1-3-5-15)14-21(26)23-17-8-10-18(11-9-17)25(27)28/h1-13,20,24H,14H2,(H,23,26). The molecule has 10 heteroatoms. The van der Waals surface area contributed by atoms with Crippen LogP contribution in [0, 0.1) is 10.1 Å². The van der Waals surface area contributed by atoms with Gasteiger partial charge in [0, 0.05) is 29.3 Å². The highest BCUT2D eigenvalue weighted by molar-refractivity contribution is 7.89. The minimum atomic E-state index is -3.92. The second kappa shape index (κ2) is 9.69. The average Bonchev–Trinajstić information content (AvgIpc) is 2.74. The number of nitro benzene ring substituents is 1. The van der Waals surface area contributed by atoms with Gasteiger partial charge in [-0.05, 0) is 42.0 Å². The Morgan fingerprint density at radius 1 is 0.968 bits per heavy atom. The van der Waals surface area contributed by atoms with Gasteiger partial charge in [-0.25, -0.2) is 13.1 Å². The third-order valence-corrected chi connectivity index (χ3v) is 6.11. The number of rotatable bonds is 8. The number of amides is 1. The fraction of sp³-hybridized carbons (Fsp3) is 0.0952. The number of nitrogens with zero attached hydrogens (tertiary/aromatic N) is 1. The van der Waals surface area contributed by atoms with Gasteiger partial charge in [0.05, 0.1) is 15.9 Å². The molecule has 2 N–H and O–H groups in total. The molecule has 8 nitrogen and oxygen atoms in total. The Morgan fingerprint density at radius 2 is 1.58 bits per heavy atom. The molecule has 0 heterocycles. The monoisotopic (exact) mass is 459 g/mol. The number of sulfonamides is 1. The Bertz CT molecular complexity index is 1170. The van der Waals surface area contributed by atoms with E-state index in [0.717, 1.165) is 0 Å². The van der Waals surface area contributed by atoms with E-state index in [1.165, 1.54) is 48.5 Å². The number of anilines is 1. The number of non-ortho nitro benzene ring substituents is 1. The van der Waals surface area contributed by atoms with Crippen LogP contribution in [0.1, 0.15) is 18.0 Å². The lowest BCUT2D eigenvalue weighted by molar-refractivity contribution is -0.384. The normalized spacial score (nSPS) is 12.2. The summed E-state index contributed by atoms with van der Waals surface area (Å²) in [5.74, 6) is -0.457. The molecule has 0 spiro atoms. The summed E-state index contributed by atoms with van der Waals surface area (Å²) >= 11 is 5.83. The minimum absolute atomic E-state index is 0.0219. The van der Waals surface area contributed by atoms with Gasteiger partial charge in [-0.3, -0.25) is 14.9 Å². The third kappa shape index (κ3) is 6.11.